The van der Waals surface area contributed by atoms with E-state index in [1.807, 2.05) is 26.4 Å². The molecule has 0 spiro atoms. The van der Waals surface area contributed by atoms with Gasteiger partial charge in [0.2, 0.25) is 0 Å². The average molecular weight is 191 g/mol. The molecule has 0 saturated heterocycles. The highest BCUT2D eigenvalue weighted by Crippen LogP contribution is 2.18. The topological polar surface area (TPSA) is 61.7 Å². The molecule has 0 aliphatic heterocycles. The second-order valence-electron chi connectivity index (χ2n) is 3.32. The van der Waals surface area contributed by atoms with E-state index in [1.54, 1.807) is 21.6 Å². The predicted molar refractivity (Wildman–Crippen MR) is 53.7 cm³/mol. The summed E-state index contributed by atoms with van der Waals surface area (Å²) in [7, 11) is 1.89. The van der Waals surface area contributed by atoms with Crippen molar-refractivity contribution in [2.75, 3.05) is 5.73 Å². The first-order chi connectivity index (χ1) is 6.68. The maximum atomic E-state index is 5.76. The second kappa shape index (κ2) is 3.17. The molecule has 0 aliphatic carbocycles. The molecule has 2 aromatic heterocycles. The molecule has 5 heteroatoms. The minimum Gasteiger partial charge on any atom is -0.384 e. The highest BCUT2D eigenvalue weighted by atomic mass is 15.3. The number of nitrogen functional groups attached to an aromatic ring is 1. The molecule has 0 amide bonds. The van der Waals surface area contributed by atoms with E-state index in [0.29, 0.717) is 5.82 Å². The number of nitrogens with zero attached hydrogens (tertiary/aromatic N) is 4. The Morgan fingerprint density at radius 2 is 2.21 bits per heavy atom. The summed E-state index contributed by atoms with van der Waals surface area (Å²) in [6.45, 7) is 2.04. The maximum absolute atomic E-state index is 5.76. The van der Waals surface area contributed by atoms with E-state index in [-0.39, 0.29) is 6.04 Å². The van der Waals surface area contributed by atoms with Crippen LogP contribution in [0.5, 0.6) is 0 Å². The Balaban J connectivity index is 2.33. The zero-order chi connectivity index (χ0) is 10.1. The van der Waals surface area contributed by atoms with E-state index in [4.69, 9.17) is 5.73 Å². The van der Waals surface area contributed by atoms with Crippen molar-refractivity contribution in [2.24, 2.45) is 7.05 Å². The number of hydrogen-bond acceptors (Lipinski definition) is 3. The van der Waals surface area contributed by atoms with E-state index in [9.17, 15) is 0 Å². The lowest BCUT2D eigenvalue weighted by Gasteiger charge is -2.11. The summed E-state index contributed by atoms with van der Waals surface area (Å²) in [6, 6.07) is 1.91. The van der Waals surface area contributed by atoms with Crippen molar-refractivity contribution >= 4 is 5.82 Å². The standard InChI is InChI=1S/C9H13N5/c1-7(8-5-12-13(2)6-8)14-9(10)3-4-11-14/h3-7H,10H2,1-2H3/t7-/m0/s1. The van der Waals surface area contributed by atoms with Crippen LogP contribution in [-0.4, -0.2) is 19.6 Å². The number of nitrogens with two attached hydrogens (primary N) is 1. The number of hydrogen-bond donors (Lipinski definition) is 1. The number of aryl methyl sites for hydroxylation is 1. The first kappa shape index (κ1) is 8.80. The summed E-state index contributed by atoms with van der Waals surface area (Å²) in [6.07, 6.45) is 5.49. The highest BCUT2D eigenvalue weighted by molar-refractivity contribution is 5.28. The Bertz CT molecular complexity index is 428. The van der Waals surface area contributed by atoms with Gasteiger partial charge in [-0.25, -0.2) is 4.68 Å². The monoisotopic (exact) mass is 191 g/mol. The number of anilines is 1. The highest BCUT2D eigenvalue weighted by Gasteiger charge is 2.11. The fourth-order valence-electron chi connectivity index (χ4n) is 1.45. The lowest BCUT2D eigenvalue weighted by molar-refractivity contribution is 0.572. The molecule has 2 rings (SSSR count). The van der Waals surface area contributed by atoms with Gasteiger partial charge in [0.25, 0.3) is 0 Å². The van der Waals surface area contributed by atoms with Crippen LogP contribution in [0.4, 0.5) is 5.82 Å². The SMILES string of the molecule is C[C@@H](c1cnn(C)c1)n1nccc1N. The molecule has 2 N–H and O–H groups in total. The van der Waals surface area contributed by atoms with Crippen molar-refractivity contribution in [3.8, 4) is 0 Å². The van der Waals surface area contributed by atoms with Gasteiger partial charge in [-0.1, -0.05) is 0 Å². The number of rotatable bonds is 2. The molecule has 0 radical (unpaired) electrons. The summed E-state index contributed by atoms with van der Waals surface area (Å²) in [5.41, 5.74) is 6.86. The predicted octanol–water partition coefficient (Wildman–Crippen LogP) is 0.808. The molecule has 0 aliphatic rings. The van der Waals surface area contributed by atoms with Gasteiger partial charge in [0.05, 0.1) is 18.4 Å². The molecule has 74 valence electrons. The van der Waals surface area contributed by atoms with Crippen molar-refractivity contribution in [1.82, 2.24) is 19.6 Å². The smallest absolute Gasteiger partial charge is 0.122 e. The van der Waals surface area contributed by atoms with E-state index < -0.39 is 0 Å². The van der Waals surface area contributed by atoms with Crippen LogP contribution in [0.15, 0.2) is 24.7 Å². The van der Waals surface area contributed by atoms with Gasteiger partial charge in [-0.2, -0.15) is 10.2 Å². The van der Waals surface area contributed by atoms with Crippen LogP contribution in [0.1, 0.15) is 18.5 Å². The summed E-state index contributed by atoms with van der Waals surface area (Å²) in [4.78, 5) is 0. The van der Waals surface area contributed by atoms with Gasteiger partial charge in [0.1, 0.15) is 5.82 Å². The minimum absolute atomic E-state index is 0.124. The largest absolute Gasteiger partial charge is 0.384 e. The van der Waals surface area contributed by atoms with E-state index in [1.165, 1.54) is 0 Å². The van der Waals surface area contributed by atoms with Gasteiger partial charge in [-0.15, -0.1) is 0 Å². The third-order valence-corrected chi connectivity index (χ3v) is 2.28. The van der Waals surface area contributed by atoms with Crippen LogP contribution in [0.25, 0.3) is 0 Å². The summed E-state index contributed by atoms with van der Waals surface area (Å²) in [5, 5.41) is 8.27. The molecule has 2 aromatic rings. The van der Waals surface area contributed by atoms with E-state index >= 15 is 0 Å². The molecular weight excluding hydrogens is 178 g/mol. The molecule has 0 aromatic carbocycles. The second-order valence-corrected chi connectivity index (χ2v) is 3.32. The van der Waals surface area contributed by atoms with Crippen LogP contribution in [0.2, 0.25) is 0 Å². The quantitative estimate of drug-likeness (QED) is 0.764. The van der Waals surface area contributed by atoms with Crippen molar-refractivity contribution in [3.05, 3.63) is 30.2 Å². The van der Waals surface area contributed by atoms with E-state index in [0.717, 1.165) is 5.56 Å². The van der Waals surface area contributed by atoms with Crippen molar-refractivity contribution in [1.29, 1.82) is 0 Å². The average Bonchev–Trinajstić information content (AvgIpc) is 2.73. The normalized spacial score (nSPS) is 13.0. The van der Waals surface area contributed by atoms with Gasteiger partial charge in [-0.05, 0) is 13.0 Å². The molecule has 14 heavy (non-hydrogen) atoms. The van der Waals surface area contributed by atoms with Crippen LogP contribution in [0.3, 0.4) is 0 Å². The molecule has 0 fully saturated rings. The van der Waals surface area contributed by atoms with Crippen LogP contribution in [0, 0.1) is 0 Å². The van der Waals surface area contributed by atoms with Gasteiger partial charge < -0.3 is 5.73 Å². The Morgan fingerprint density at radius 3 is 2.71 bits per heavy atom. The molecule has 1 atom stereocenters. The Labute approximate surface area is 82.1 Å². The number of aromatic nitrogens is 4. The molecular formula is C9H13N5. The molecule has 2 heterocycles. The van der Waals surface area contributed by atoms with Crippen LogP contribution in [-0.2, 0) is 7.05 Å². The summed E-state index contributed by atoms with van der Waals surface area (Å²) < 4.78 is 3.54. The van der Waals surface area contributed by atoms with Gasteiger partial charge in [0, 0.05) is 18.8 Å². The third-order valence-electron chi connectivity index (χ3n) is 2.28. The van der Waals surface area contributed by atoms with Gasteiger partial charge in [0.15, 0.2) is 0 Å². The first-order valence-electron chi connectivity index (χ1n) is 4.46. The molecule has 0 saturated carbocycles. The van der Waals surface area contributed by atoms with Crippen molar-refractivity contribution in [3.63, 3.8) is 0 Å². The maximum Gasteiger partial charge on any atom is 0.122 e. The van der Waals surface area contributed by atoms with E-state index in [2.05, 4.69) is 10.2 Å². The summed E-state index contributed by atoms with van der Waals surface area (Å²) >= 11 is 0. The zero-order valence-electron chi connectivity index (χ0n) is 8.25. The van der Waals surface area contributed by atoms with Crippen molar-refractivity contribution < 1.29 is 0 Å². The van der Waals surface area contributed by atoms with Gasteiger partial charge in [-0.3, -0.25) is 4.68 Å². The lowest BCUT2D eigenvalue weighted by Crippen LogP contribution is -2.10. The molecule has 5 nitrogen and oxygen atoms in total. The minimum atomic E-state index is 0.124. The Kier molecular flexibility index (Phi) is 1.99. The first-order valence-corrected chi connectivity index (χ1v) is 4.46. The summed E-state index contributed by atoms with van der Waals surface area (Å²) in [5.74, 6) is 0.668. The fourth-order valence-corrected chi connectivity index (χ4v) is 1.45. The molecule has 0 unspecified atom stereocenters. The van der Waals surface area contributed by atoms with Crippen molar-refractivity contribution in [2.45, 2.75) is 13.0 Å². The Hall–Kier alpha value is -1.78. The van der Waals surface area contributed by atoms with Crippen LogP contribution < -0.4 is 5.73 Å². The van der Waals surface area contributed by atoms with Gasteiger partial charge >= 0.3 is 0 Å². The molecule has 0 bridgehead atoms. The third kappa shape index (κ3) is 1.37. The Morgan fingerprint density at radius 1 is 1.43 bits per heavy atom. The lowest BCUT2D eigenvalue weighted by atomic mass is 10.2. The fraction of sp³-hybridized carbons (Fsp3) is 0.333. The van der Waals surface area contributed by atoms with Crippen LogP contribution >= 0.6 is 0 Å². The zero-order valence-corrected chi connectivity index (χ0v) is 8.25.